The van der Waals surface area contributed by atoms with Crippen LogP contribution in [0.25, 0.3) is 0 Å². The molecule has 0 aromatic heterocycles. The Morgan fingerprint density at radius 1 is 0.815 bits per heavy atom. The highest BCUT2D eigenvalue weighted by molar-refractivity contribution is 6.51. The number of ketones is 1. The summed E-state index contributed by atoms with van der Waals surface area (Å²) in [6, 6.07) is 23.9. The monoisotopic (exact) mass is 357 g/mol. The SMILES string of the molecule is O=C(C(=NN=Cc1ccccc1[N+](=O)[O-])c1ccccc1)c1ccccc1. The summed E-state index contributed by atoms with van der Waals surface area (Å²) < 4.78 is 0. The maximum absolute atomic E-state index is 12.8. The number of carbonyl (C=O) groups is 1. The van der Waals surface area contributed by atoms with Crippen LogP contribution in [0.2, 0.25) is 0 Å². The highest BCUT2D eigenvalue weighted by Crippen LogP contribution is 2.15. The predicted octanol–water partition coefficient (Wildman–Crippen LogP) is 4.30. The van der Waals surface area contributed by atoms with Gasteiger partial charge in [0.25, 0.3) is 5.69 Å². The van der Waals surface area contributed by atoms with E-state index in [-0.39, 0.29) is 17.2 Å². The van der Waals surface area contributed by atoms with E-state index in [1.807, 2.05) is 12.1 Å². The first-order valence-electron chi connectivity index (χ1n) is 8.16. The minimum absolute atomic E-state index is 0.0768. The fraction of sp³-hybridized carbons (Fsp3) is 0. The normalized spacial score (nSPS) is 11.5. The van der Waals surface area contributed by atoms with Gasteiger partial charge in [-0.1, -0.05) is 72.8 Å². The van der Waals surface area contributed by atoms with Crippen molar-refractivity contribution in [1.82, 2.24) is 0 Å². The zero-order valence-electron chi connectivity index (χ0n) is 14.2. The first kappa shape index (κ1) is 17.9. The number of Topliss-reactive ketones (excluding diaryl/α,β-unsaturated/α-hetero) is 1. The molecule has 0 unspecified atom stereocenters. The van der Waals surface area contributed by atoms with Crippen molar-refractivity contribution in [3.05, 3.63) is 112 Å². The van der Waals surface area contributed by atoms with Crippen molar-refractivity contribution in [3.63, 3.8) is 0 Å². The van der Waals surface area contributed by atoms with Crippen molar-refractivity contribution in [1.29, 1.82) is 0 Å². The van der Waals surface area contributed by atoms with E-state index in [1.54, 1.807) is 66.7 Å². The molecule has 0 N–H and O–H groups in total. The lowest BCUT2D eigenvalue weighted by Crippen LogP contribution is -2.15. The van der Waals surface area contributed by atoms with Crippen LogP contribution in [0.15, 0.2) is 95.1 Å². The summed E-state index contributed by atoms with van der Waals surface area (Å²) in [5.74, 6) is -0.276. The van der Waals surface area contributed by atoms with Crippen molar-refractivity contribution >= 4 is 23.4 Å². The Morgan fingerprint density at radius 2 is 1.37 bits per heavy atom. The molecule has 0 fully saturated rings. The van der Waals surface area contributed by atoms with E-state index in [0.717, 1.165) is 0 Å². The Kier molecular flexibility index (Phi) is 5.59. The Bertz CT molecular complexity index is 1010. The summed E-state index contributed by atoms with van der Waals surface area (Å²) in [5, 5.41) is 19.1. The third kappa shape index (κ3) is 4.38. The second-order valence-corrected chi connectivity index (χ2v) is 5.57. The van der Waals surface area contributed by atoms with Crippen LogP contribution in [0.4, 0.5) is 5.69 Å². The van der Waals surface area contributed by atoms with Crippen molar-refractivity contribution in [2.75, 3.05) is 0 Å². The van der Waals surface area contributed by atoms with Gasteiger partial charge in [-0.05, 0) is 6.07 Å². The molecule has 0 aliphatic heterocycles. The third-order valence-corrected chi connectivity index (χ3v) is 3.79. The van der Waals surface area contributed by atoms with Gasteiger partial charge in [-0.25, -0.2) is 0 Å². The first-order valence-corrected chi connectivity index (χ1v) is 8.16. The molecule has 0 saturated heterocycles. The molecule has 0 heterocycles. The van der Waals surface area contributed by atoms with Gasteiger partial charge in [0.1, 0.15) is 5.71 Å². The summed E-state index contributed by atoms with van der Waals surface area (Å²) in [7, 11) is 0. The molecule has 0 atom stereocenters. The third-order valence-electron chi connectivity index (χ3n) is 3.79. The van der Waals surface area contributed by atoms with Crippen LogP contribution in [0.1, 0.15) is 21.5 Å². The molecule has 0 amide bonds. The van der Waals surface area contributed by atoms with Gasteiger partial charge in [0.2, 0.25) is 5.78 Å². The Labute approximate surface area is 155 Å². The van der Waals surface area contributed by atoms with Crippen molar-refractivity contribution in [2.45, 2.75) is 0 Å². The van der Waals surface area contributed by atoms with Crippen molar-refractivity contribution < 1.29 is 9.72 Å². The molecule has 0 bridgehead atoms. The molecule has 0 spiro atoms. The number of nitro groups is 1. The molecule has 3 rings (SSSR count). The number of nitrogens with zero attached hydrogens (tertiary/aromatic N) is 3. The van der Waals surface area contributed by atoms with Crippen molar-refractivity contribution in [2.24, 2.45) is 10.2 Å². The van der Waals surface area contributed by atoms with E-state index >= 15 is 0 Å². The summed E-state index contributed by atoms with van der Waals surface area (Å²) in [5.41, 5.74) is 1.50. The number of hydrogen-bond donors (Lipinski definition) is 0. The smallest absolute Gasteiger partial charge is 0.278 e. The minimum atomic E-state index is -0.488. The summed E-state index contributed by atoms with van der Waals surface area (Å²) in [4.78, 5) is 23.4. The molecular formula is C21H15N3O3. The minimum Gasteiger partial charge on any atom is -0.287 e. The predicted molar refractivity (Wildman–Crippen MR) is 104 cm³/mol. The quantitative estimate of drug-likeness (QED) is 0.285. The molecule has 132 valence electrons. The van der Waals surface area contributed by atoms with E-state index in [0.29, 0.717) is 16.7 Å². The molecule has 3 aromatic carbocycles. The second kappa shape index (κ2) is 8.44. The van der Waals surface area contributed by atoms with Crippen LogP contribution in [0.5, 0.6) is 0 Å². The van der Waals surface area contributed by atoms with Gasteiger partial charge < -0.3 is 0 Å². The number of benzene rings is 3. The van der Waals surface area contributed by atoms with Gasteiger partial charge in [-0.15, -0.1) is 5.10 Å². The first-order chi connectivity index (χ1) is 13.2. The number of nitro benzene ring substituents is 1. The van der Waals surface area contributed by atoms with Crippen LogP contribution in [-0.4, -0.2) is 22.6 Å². The van der Waals surface area contributed by atoms with E-state index in [2.05, 4.69) is 10.2 Å². The average molecular weight is 357 g/mol. The largest absolute Gasteiger partial charge is 0.287 e. The Balaban J connectivity index is 1.99. The number of carbonyl (C=O) groups excluding carboxylic acids is 1. The fourth-order valence-electron chi connectivity index (χ4n) is 2.47. The van der Waals surface area contributed by atoms with Gasteiger partial charge >= 0.3 is 0 Å². The van der Waals surface area contributed by atoms with E-state index < -0.39 is 4.92 Å². The maximum Gasteiger partial charge on any atom is 0.278 e. The molecule has 0 aliphatic carbocycles. The standard InChI is InChI=1S/C21H15N3O3/c25-21(17-11-5-2-6-12-17)20(16-9-3-1-4-10-16)23-22-15-18-13-7-8-14-19(18)24(26)27/h1-15H. The molecule has 3 aromatic rings. The molecule has 0 saturated carbocycles. The lowest BCUT2D eigenvalue weighted by molar-refractivity contribution is -0.385. The summed E-state index contributed by atoms with van der Waals surface area (Å²) >= 11 is 0. The van der Waals surface area contributed by atoms with Gasteiger partial charge in [-0.3, -0.25) is 14.9 Å². The summed E-state index contributed by atoms with van der Waals surface area (Å²) in [6.45, 7) is 0. The lowest BCUT2D eigenvalue weighted by Gasteiger charge is -2.04. The number of hydrogen-bond acceptors (Lipinski definition) is 5. The zero-order valence-corrected chi connectivity index (χ0v) is 14.2. The van der Waals surface area contributed by atoms with Gasteiger partial charge in [0, 0.05) is 17.2 Å². The van der Waals surface area contributed by atoms with E-state index in [9.17, 15) is 14.9 Å². The maximum atomic E-state index is 12.8. The van der Waals surface area contributed by atoms with Gasteiger partial charge in [0.05, 0.1) is 16.7 Å². The highest BCUT2D eigenvalue weighted by Gasteiger charge is 2.16. The van der Waals surface area contributed by atoms with Crippen molar-refractivity contribution in [3.8, 4) is 0 Å². The van der Waals surface area contributed by atoms with Crippen LogP contribution >= 0.6 is 0 Å². The van der Waals surface area contributed by atoms with Crippen LogP contribution in [0, 0.1) is 10.1 Å². The van der Waals surface area contributed by atoms with Crippen LogP contribution in [0.3, 0.4) is 0 Å². The average Bonchev–Trinajstić information content (AvgIpc) is 2.72. The second-order valence-electron chi connectivity index (χ2n) is 5.57. The topological polar surface area (TPSA) is 84.9 Å². The molecular weight excluding hydrogens is 342 g/mol. The number of para-hydroxylation sites is 1. The molecule has 27 heavy (non-hydrogen) atoms. The lowest BCUT2D eigenvalue weighted by atomic mass is 10.0. The Morgan fingerprint density at radius 3 is 2.00 bits per heavy atom. The van der Waals surface area contributed by atoms with Gasteiger partial charge in [-0.2, -0.15) is 5.10 Å². The molecule has 6 heteroatoms. The summed E-state index contributed by atoms with van der Waals surface area (Å²) in [6.07, 6.45) is 1.28. The fourth-order valence-corrected chi connectivity index (χ4v) is 2.47. The van der Waals surface area contributed by atoms with E-state index in [1.165, 1.54) is 12.3 Å². The molecule has 0 radical (unpaired) electrons. The van der Waals surface area contributed by atoms with Gasteiger partial charge in [0.15, 0.2) is 0 Å². The van der Waals surface area contributed by atoms with Crippen LogP contribution < -0.4 is 0 Å². The highest BCUT2D eigenvalue weighted by atomic mass is 16.6. The molecule has 6 nitrogen and oxygen atoms in total. The van der Waals surface area contributed by atoms with E-state index in [4.69, 9.17) is 0 Å². The molecule has 0 aliphatic rings. The zero-order chi connectivity index (χ0) is 19.1. The van der Waals surface area contributed by atoms with Crippen LogP contribution in [-0.2, 0) is 0 Å². The Hall–Kier alpha value is -3.93. The number of rotatable bonds is 6.